The largest absolute Gasteiger partial charge is 0.336 e. The standard InChI is InChI=1S/C22H26N2O3S2/c25-22(24-13-11-23(12-14-24)20-10-15-29(26,27)17-20)19-6-8-21(9-7-19)28-16-18-4-2-1-3-5-18/h1-9,20H,10-17H2. The predicted octanol–water partition coefficient (Wildman–Crippen LogP) is 2.92. The van der Waals surface area contributed by atoms with E-state index in [0.29, 0.717) is 24.4 Å². The predicted molar refractivity (Wildman–Crippen MR) is 117 cm³/mol. The summed E-state index contributed by atoms with van der Waals surface area (Å²) in [6.07, 6.45) is 0.721. The number of amides is 1. The third-order valence-corrected chi connectivity index (χ3v) is 8.51. The zero-order valence-electron chi connectivity index (χ0n) is 16.4. The number of nitrogens with zero attached hydrogens (tertiary/aromatic N) is 2. The van der Waals surface area contributed by atoms with Crippen LogP contribution in [0.25, 0.3) is 0 Å². The van der Waals surface area contributed by atoms with Crippen molar-refractivity contribution in [3.8, 4) is 0 Å². The van der Waals surface area contributed by atoms with Crippen molar-refractivity contribution >= 4 is 27.5 Å². The molecule has 0 N–H and O–H groups in total. The molecule has 2 saturated heterocycles. The van der Waals surface area contributed by atoms with Crippen LogP contribution in [-0.2, 0) is 15.6 Å². The Labute approximate surface area is 177 Å². The molecule has 2 fully saturated rings. The Bertz CT molecular complexity index is 938. The number of carbonyl (C=O) groups is 1. The molecule has 2 aliphatic rings. The van der Waals surface area contributed by atoms with Crippen molar-refractivity contribution in [1.29, 1.82) is 0 Å². The first-order valence-electron chi connectivity index (χ1n) is 10.0. The number of hydrogen-bond donors (Lipinski definition) is 0. The van der Waals surface area contributed by atoms with Crippen LogP contribution in [0, 0.1) is 0 Å². The van der Waals surface area contributed by atoms with E-state index >= 15 is 0 Å². The number of thioether (sulfide) groups is 1. The number of sulfone groups is 1. The second kappa shape index (κ2) is 8.90. The molecule has 1 unspecified atom stereocenters. The molecule has 4 rings (SSSR count). The molecule has 29 heavy (non-hydrogen) atoms. The molecular formula is C22H26N2O3S2. The fraction of sp³-hybridized carbons (Fsp3) is 0.409. The third kappa shape index (κ3) is 5.21. The number of benzene rings is 2. The van der Waals surface area contributed by atoms with Gasteiger partial charge in [-0.1, -0.05) is 30.3 Å². The minimum absolute atomic E-state index is 0.0586. The first-order chi connectivity index (χ1) is 14.0. The van der Waals surface area contributed by atoms with Crippen LogP contribution in [-0.4, -0.2) is 67.9 Å². The normalized spacial score (nSPS) is 21.9. The highest BCUT2D eigenvalue weighted by atomic mass is 32.2. The SMILES string of the molecule is O=C(c1ccc(SCc2ccccc2)cc1)N1CCN(C2CCS(=O)(=O)C2)CC1. The van der Waals surface area contributed by atoms with E-state index in [1.165, 1.54) is 5.56 Å². The summed E-state index contributed by atoms with van der Waals surface area (Å²) < 4.78 is 23.4. The van der Waals surface area contributed by atoms with Gasteiger partial charge in [-0.05, 0) is 36.2 Å². The molecule has 2 aromatic carbocycles. The van der Waals surface area contributed by atoms with E-state index in [-0.39, 0.29) is 17.7 Å². The highest BCUT2D eigenvalue weighted by molar-refractivity contribution is 7.98. The Morgan fingerprint density at radius 3 is 2.28 bits per heavy atom. The summed E-state index contributed by atoms with van der Waals surface area (Å²) >= 11 is 1.76. The summed E-state index contributed by atoms with van der Waals surface area (Å²) in [6.45, 7) is 2.80. The van der Waals surface area contributed by atoms with E-state index in [1.807, 2.05) is 47.4 Å². The molecule has 2 aliphatic heterocycles. The lowest BCUT2D eigenvalue weighted by molar-refractivity contribution is 0.0588. The first-order valence-corrected chi connectivity index (χ1v) is 12.8. The van der Waals surface area contributed by atoms with Crippen molar-refractivity contribution in [1.82, 2.24) is 9.80 Å². The number of carbonyl (C=O) groups excluding carboxylic acids is 1. The van der Waals surface area contributed by atoms with Gasteiger partial charge >= 0.3 is 0 Å². The van der Waals surface area contributed by atoms with E-state index in [9.17, 15) is 13.2 Å². The van der Waals surface area contributed by atoms with Crippen LogP contribution >= 0.6 is 11.8 Å². The molecule has 0 bridgehead atoms. The molecule has 7 heteroatoms. The van der Waals surface area contributed by atoms with Crippen LogP contribution in [0.3, 0.4) is 0 Å². The lowest BCUT2D eigenvalue weighted by Gasteiger charge is -2.37. The van der Waals surface area contributed by atoms with Gasteiger partial charge in [0.25, 0.3) is 5.91 Å². The van der Waals surface area contributed by atoms with Gasteiger partial charge in [0.2, 0.25) is 0 Å². The molecule has 5 nitrogen and oxygen atoms in total. The average molecular weight is 431 g/mol. The zero-order valence-corrected chi connectivity index (χ0v) is 18.0. The molecule has 0 saturated carbocycles. The van der Waals surface area contributed by atoms with E-state index in [2.05, 4.69) is 17.0 Å². The Balaban J connectivity index is 1.28. The maximum atomic E-state index is 12.8. The molecule has 0 radical (unpaired) electrons. The number of hydrogen-bond acceptors (Lipinski definition) is 5. The van der Waals surface area contributed by atoms with Crippen molar-refractivity contribution in [3.05, 3.63) is 65.7 Å². The smallest absolute Gasteiger partial charge is 0.253 e. The van der Waals surface area contributed by atoms with Gasteiger partial charge in [-0.15, -0.1) is 11.8 Å². The van der Waals surface area contributed by atoms with Gasteiger partial charge in [0, 0.05) is 48.4 Å². The Kier molecular flexibility index (Phi) is 6.27. The maximum absolute atomic E-state index is 12.8. The minimum atomic E-state index is -2.87. The summed E-state index contributed by atoms with van der Waals surface area (Å²) in [5.74, 6) is 1.53. The van der Waals surface area contributed by atoms with E-state index in [4.69, 9.17) is 0 Å². The average Bonchev–Trinajstić information content (AvgIpc) is 3.13. The molecule has 1 atom stereocenters. The van der Waals surface area contributed by atoms with Crippen LogP contribution in [0.1, 0.15) is 22.3 Å². The van der Waals surface area contributed by atoms with Crippen molar-refractivity contribution in [3.63, 3.8) is 0 Å². The number of rotatable bonds is 5. The molecule has 0 spiro atoms. The zero-order chi connectivity index (χ0) is 20.3. The quantitative estimate of drug-likeness (QED) is 0.683. The fourth-order valence-corrected chi connectivity index (χ4v) is 6.59. The van der Waals surface area contributed by atoms with Crippen LogP contribution in [0.2, 0.25) is 0 Å². The van der Waals surface area contributed by atoms with Gasteiger partial charge < -0.3 is 4.90 Å². The van der Waals surface area contributed by atoms with E-state index in [1.54, 1.807) is 11.8 Å². The van der Waals surface area contributed by atoms with Gasteiger partial charge in [-0.3, -0.25) is 9.69 Å². The fourth-order valence-electron chi connectivity index (χ4n) is 3.97. The summed E-state index contributed by atoms with van der Waals surface area (Å²) in [6, 6.07) is 18.3. The highest BCUT2D eigenvalue weighted by Gasteiger charge is 2.34. The van der Waals surface area contributed by atoms with Crippen molar-refractivity contribution in [2.45, 2.75) is 23.1 Å². The van der Waals surface area contributed by atoms with Crippen molar-refractivity contribution in [2.75, 3.05) is 37.7 Å². The van der Waals surface area contributed by atoms with E-state index < -0.39 is 9.84 Å². The minimum Gasteiger partial charge on any atom is -0.336 e. The molecule has 0 aromatic heterocycles. The highest BCUT2D eigenvalue weighted by Crippen LogP contribution is 2.24. The molecule has 154 valence electrons. The summed E-state index contributed by atoms with van der Waals surface area (Å²) in [5.41, 5.74) is 2.00. The molecular weight excluding hydrogens is 404 g/mol. The Morgan fingerprint density at radius 1 is 0.966 bits per heavy atom. The lowest BCUT2D eigenvalue weighted by Crippen LogP contribution is -2.52. The van der Waals surface area contributed by atoms with Crippen LogP contribution in [0.5, 0.6) is 0 Å². The van der Waals surface area contributed by atoms with Gasteiger partial charge in [0.05, 0.1) is 11.5 Å². The monoisotopic (exact) mass is 430 g/mol. The number of piperazine rings is 1. The summed E-state index contributed by atoms with van der Waals surface area (Å²) in [4.78, 5) is 18.1. The van der Waals surface area contributed by atoms with Gasteiger partial charge in [-0.25, -0.2) is 8.42 Å². The van der Waals surface area contributed by atoms with E-state index in [0.717, 1.165) is 30.2 Å². The Hall–Kier alpha value is -1.83. The second-order valence-electron chi connectivity index (χ2n) is 7.68. The van der Waals surface area contributed by atoms with Crippen LogP contribution in [0.15, 0.2) is 59.5 Å². The first kappa shape index (κ1) is 20.4. The van der Waals surface area contributed by atoms with Gasteiger partial charge in [-0.2, -0.15) is 0 Å². The molecule has 2 heterocycles. The Morgan fingerprint density at radius 2 is 1.66 bits per heavy atom. The lowest BCUT2D eigenvalue weighted by atomic mass is 10.1. The van der Waals surface area contributed by atoms with Gasteiger partial charge in [0.15, 0.2) is 9.84 Å². The summed E-state index contributed by atoms with van der Waals surface area (Å²) in [5, 5.41) is 0. The van der Waals surface area contributed by atoms with Crippen LogP contribution < -0.4 is 0 Å². The van der Waals surface area contributed by atoms with Crippen molar-refractivity contribution in [2.24, 2.45) is 0 Å². The van der Waals surface area contributed by atoms with Gasteiger partial charge in [0.1, 0.15) is 0 Å². The second-order valence-corrected chi connectivity index (χ2v) is 11.0. The maximum Gasteiger partial charge on any atom is 0.253 e. The molecule has 0 aliphatic carbocycles. The van der Waals surface area contributed by atoms with Crippen molar-refractivity contribution < 1.29 is 13.2 Å². The topological polar surface area (TPSA) is 57.7 Å². The van der Waals surface area contributed by atoms with Crippen LogP contribution in [0.4, 0.5) is 0 Å². The molecule has 2 aromatic rings. The third-order valence-electron chi connectivity index (χ3n) is 5.68. The summed E-state index contributed by atoms with van der Waals surface area (Å²) in [7, 11) is -2.87. The molecule has 1 amide bonds.